The highest BCUT2D eigenvalue weighted by Gasteiger charge is 2.62. The molecule has 2 aliphatic rings. The molecule has 1 unspecified atom stereocenters. The fourth-order valence-corrected chi connectivity index (χ4v) is 5.03. The predicted molar refractivity (Wildman–Crippen MR) is 114 cm³/mol. The van der Waals surface area contributed by atoms with E-state index in [2.05, 4.69) is 0 Å². The van der Waals surface area contributed by atoms with Gasteiger partial charge in [0.25, 0.3) is 0 Å². The molecule has 0 N–H and O–H groups in total. The van der Waals surface area contributed by atoms with Crippen molar-refractivity contribution in [3.8, 4) is 11.1 Å². The Kier molecular flexibility index (Phi) is 5.11. The third-order valence-electron chi connectivity index (χ3n) is 6.38. The quantitative estimate of drug-likeness (QED) is 0.634. The maximum atomic E-state index is 13.4. The van der Waals surface area contributed by atoms with Gasteiger partial charge in [-0.25, -0.2) is 0 Å². The molecule has 152 valence electrons. The van der Waals surface area contributed by atoms with Crippen molar-refractivity contribution in [2.75, 3.05) is 7.05 Å². The van der Waals surface area contributed by atoms with E-state index in [-0.39, 0.29) is 11.6 Å². The summed E-state index contributed by atoms with van der Waals surface area (Å²) in [4.78, 5) is 32.4. The van der Waals surface area contributed by atoms with E-state index in [1.807, 2.05) is 45.0 Å². The maximum absolute atomic E-state index is 13.4. The highest BCUT2D eigenvalue weighted by atomic mass is 35.5. The second-order valence-corrected chi connectivity index (χ2v) is 9.13. The highest BCUT2D eigenvalue weighted by Crippen LogP contribution is 2.47. The van der Waals surface area contributed by atoms with Crippen LogP contribution in [0.2, 0.25) is 10.0 Å². The van der Waals surface area contributed by atoms with Gasteiger partial charge in [-0.3, -0.25) is 14.4 Å². The van der Waals surface area contributed by atoms with Crippen LogP contribution in [-0.4, -0.2) is 35.3 Å². The number of carbonyl (C=O) groups excluding carboxylic acids is 2. The summed E-state index contributed by atoms with van der Waals surface area (Å²) in [5.74, 6) is -1.51. The van der Waals surface area contributed by atoms with Crippen LogP contribution < -0.4 is 0 Å². The van der Waals surface area contributed by atoms with Crippen LogP contribution in [0.15, 0.2) is 36.4 Å². The van der Waals surface area contributed by atoms with E-state index >= 15 is 0 Å². The van der Waals surface area contributed by atoms with Gasteiger partial charge < -0.3 is 0 Å². The number of halogens is 2. The highest BCUT2D eigenvalue weighted by molar-refractivity contribution is 6.36. The lowest BCUT2D eigenvalue weighted by Gasteiger charge is -2.29. The number of Topliss-reactive ketones (excluding diaryl/α,β-unsaturated/α-hetero) is 2. The third-order valence-corrected chi connectivity index (χ3v) is 6.93. The number of benzene rings is 2. The smallest absolute Gasteiger partial charge is 0.179 e. The van der Waals surface area contributed by atoms with Crippen LogP contribution in [-0.2, 0) is 20.8 Å². The first-order valence-electron chi connectivity index (χ1n) is 9.73. The number of aryl methyl sites for hydroxylation is 1. The minimum atomic E-state index is -0.807. The Morgan fingerprint density at radius 1 is 1.07 bits per heavy atom. The van der Waals surface area contributed by atoms with Crippen LogP contribution in [0, 0.1) is 5.92 Å². The SMILES string of the molecule is CCc1ccc(-c2ccc(Cl)cc2Cl)cc1C1C(=O)[C@@H]2[C@@H](ON(C)C2(C)C)C1=O. The van der Waals surface area contributed by atoms with E-state index in [1.165, 1.54) is 0 Å². The molecule has 4 rings (SSSR count). The molecule has 4 nitrogen and oxygen atoms in total. The summed E-state index contributed by atoms with van der Waals surface area (Å²) in [5.41, 5.74) is 2.87. The number of rotatable bonds is 3. The molecule has 1 aliphatic heterocycles. The molecule has 1 aliphatic carbocycles. The minimum Gasteiger partial charge on any atom is -0.298 e. The number of ketones is 2. The Morgan fingerprint density at radius 3 is 2.41 bits per heavy atom. The lowest BCUT2D eigenvalue weighted by Crippen LogP contribution is -2.42. The molecule has 2 aromatic carbocycles. The largest absolute Gasteiger partial charge is 0.298 e. The first kappa shape index (κ1) is 20.5. The van der Waals surface area contributed by atoms with Crippen LogP contribution in [0.3, 0.4) is 0 Å². The minimum absolute atomic E-state index is 0.0663. The van der Waals surface area contributed by atoms with Gasteiger partial charge in [0.2, 0.25) is 0 Å². The molecule has 2 fully saturated rings. The molecule has 6 heteroatoms. The lowest BCUT2D eigenvalue weighted by atomic mass is 9.82. The summed E-state index contributed by atoms with van der Waals surface area (Å²) in [5, 5.41) is 2.72. The summed E-state index contributed by atoms with van der Waals surface area (Å²) < 4.78 is 0. The van der Waals surface area contributed by atoms with Gasteiger partial charge in [0.1, 0.15) is 5.92 Å². The van der Waals surface area contributed by atoms with E-state index in [0.717, 1.165) is 28.7 Å². The van der Waals surface area contributed by atoms with E-state index in [0.29, 0.717) is 10.0 Å². The second-order valence-electron chi connectivity index (χ2n) is 8.28. The summed E-state index contributed by atoms with van der Waals surface area (Å²) >= 11 is 12.4. The normalized spacial score (nSPS) is 26.2. The molecule has 0 spiro atoms. The fraction of sp³-hybridized carbons (Fsp3) is 0.391. The van der Waals surface area contributed by atoms with Gasteiger partial charge in [-0.15, -0.1) is 0 Å². The Labute approximate surface area is 180 Å². The molecule has 1 heterocycles. The van der Waals surface area contributed by atoms with E-state index in [1.54, 1.807) is 24.2 Å². The zero-order valence-corrected chi connectivity index (χ0v) is 18.3. The van der Waals surface area contributed by atoms with E-state index in [9.17, 15) is 9.59 Å². The van der Waals surface area contributed by atoms with Gasteiger partial charge in [-0.05, 0) is 55.2 Å². The molecular formula is C23H23Cl2NO3. The first-order valence-corrected chi connectivity index (χ1v) is 10.5. The van der Waals surface area contributed by atoms with Crippen LogP contribution in [0.25, 0.3) is 11.1 Å². The fourth-order valence-electron chi connectivity index (χ4n) is 4.51. The van der Waals surface area contributed by atoms with Crippen molar-refractivity contribution in [1.29, 1.82) is 0 Å². The van der Waals surface area contributed by atoms with Gasteiger partial charge in [0, 0.05) is 22.7 Å². The first-order chi connectivity index (χ1) is 13.7. The molecule has 0 aromatic heterocycles. The van der Waals surface area contributed by atoms with Gasteiger partial charge in [0.05, 0.1) is 11.5 Å². The lowest BCUT2D eigenvalue weighted by molar-refractivity contribution is -0.171. The zero-order valence-electron chi connectivity index (χ0n) is 16.8. The van der Waals surface area contributed by atoms with Crippen molar-refractivity contribution in [2.45, 2.75) is 44.8 Å². The molecule has 1 saturated carbocycles. The van der Waals surface area contributed by atoms with Gasteiger partial charge in [-0.2, -0.15) is 5.06 Å². The number of carbonyl (C=O) groups is 2. The number of hydroxylamine groups is 2. The molecule has 0 amide bonds. The average Bonchev–Trinajstić information content (AvgIpc) is 3.05. The zero-order chi connectivity index (χ0) is 21.1. The third kappa shape index (κ3) is 3.14. The van der Waals surface area contributed by atoms with Gasteiger partial charge in [-0.1, -0.05) is 48.3 Å². The summed E-state index contributed by atoms with van der Waals surface area (Å²) in [7, 11) is 1.77. The molecule has 0 radical (unpaired) electrons. The molecule has 3 atom stereocenters. The molecule has 2 aromatic rings. The van der Waals surface area contributed by atoms with Crippen LogP contribution >= 0.6 is 23.2 Å². The Balaban J connectivity index is 1.81. The Morgan fingerprint density at radius 2 is 1.79 bits per heavy atom. The van der Waals surface area contributed by atoms with Crippen molar-refractivity contribution in [3.63, 3.8) is 0 Å². The molecule has 29 heavy (non-hydrogen) atoms. The summed E-state index contributed by atoms with van der Waals surface area (Å²) in [6, 6.07) is 11.2. The summed E-state index contributed by atoms with van der Waals surface area (Å²) in [6.45, 7) is 5.90. The van der Waals surface area contributed by atoms with Crippen molar-refractivity contribution < 1.29 is 14.4 Å². The van der Waals surface area contributed by atoms with Crippen molar-refractivity contribution in [1.82, 2.24) is 5.06 Å². The van der Waals surface area contributed by atoms with Crippen LogP contribution in [0.5, 0.6) is 0 Å². The van der Waals surface area contributed by atoms with Crippen molar-refractivity contribution >= 4 is 34.8 Å². The summed E-state index contributed by atoms with van der Waals surface area (Å²) in [6.07, 6.45) is 0.000489. The topological polar surface area (TPSA) is 46.6 Å². The molecule has 0 bridgehead atoms. The number of fused-ring (bicyclic) bond motifs is 1. The average molecular weight is 432 g/mol. The molecule has 1 saturated heterocycles. The maximum Gasteiger partial charge on any atom is 0.179 e. The number of nitrogens with zero attached hydrogens (tertiary/aromatic N) is 1. The van der Waals surface area contributed by atoms with Crippen LogP contribution in [0.1, 0.15) is 37.8 Å². The van der Waals surface area contributed by atoms with Crippen LogP contribution in [0.4, 0.5) is 0 Å². The van der Waals surface area contributed by atoms with Gasteiger partial charge >= 0.3 is 0 Å². The predicted octanol–water partition coefficient (Wildman–Crippen LogP) is 5.10. The Hall–Kier alpha value is -1.72. The number of hydrogen-bond acceptors (Lipinski definition) is 4. The Bertz CT molecular complexity index is 1020. The van der Waals surface area contributed by atoms with E-state index < -0.39 is 23.5 Å². The second kappa shape index (κ2) is 7.21. The van der Waals surface area contributed by atoms with E-state index in [4.69, 9.17) is 28.0 Å². The van der Waals surface area contributed by atoms with Crippen molar-refractivity contribution in [2.24, 2.45) is 5.92 Å². The standard InChI is InChI=1S/C23H23Cl2NO3/c1-5-12-6-7-13(15-9-8-14(24)11-17(15)25)10-16(12)18-20(27)19-22(21(18)28)29-26(4)23(19,2)3/h6-11,18-19,22H,5H2,1-4H3/t18?,19-,22-/m1/s1. The molecular weight excluding hydrogens is 409 g/mol. The number of hydrogen-bond donors (Lipinski definition) is 0. The van der Waals surface area contributed by atoms with Gasteiger partial charge in [0.15, 0.2) is 17.7 Å². The van der Waals surface area contributed by atoms with Crippen molar-refractivity contribution in [3.05, 3.63) is 57.6 Å². The monoisotopic (exact) mass is 431 g/mol.